The summed E-state index contributed by atoms with van der Waals surface area (Å²) in [5.41, 5.74) is 3.46. The Labute approximate surface area is 147 Å². The topological polar surface area (TPSA) is 58.6 Å². The Hall–Kier alpha value is -2.82. The molecular weight excluding hydrogens is 316 g/mol. The first-order valence-electron chi connectivity index (χ1n) is 8.34. The molecule has 1 aliphatic rings. The molecule has 0 saturated heterocycles. The van der Waals surface area contributed by atoms with Gasteiger partial charge in [-0.3, -0.25) is 14.5 Å². The molecule has 0 aliphatic carbocycles. The van der Waals surface area contributed by atoms with E-state index < -0.39 is 12.1 Å². The van der Waals surface area contributed by atoms with Gasteiger partial charge < -0.3 is 10.1 Å². The van der Waals surface area contributed by atoms with Crippen molar-refractivity contribution in [2.45, 2.75) is 39.8 Å². The van der Waals surface area contributed by atoms with Crippen LogP contribution in [0.4, 0.5) is 11.4 Å². The highest BCUT2D eigenvalue weighted by molar-refractivity contribution is 6.07. The summed E-state index contributed by atoms with van der Waals surface area (Å²) in [5.74, 6) is 0.163. The van der Waals surface area contributed by atoms with Crippen LogP contribution in [0.1, 0.15) is 25.0 Å². The molecule has 1 N–H and O–H groups in total. The first-order chi connectivity index (χ1) is 11.9. The Bertz CT molecular complexity index is 814. The fourth-order valence-corrected chi connectivity index (χ4v) is 2.87. The highest BCUT2D eigenvalue weighted by atomic mass is 16.5. The van der Waals surface area contributed by atoms with Crippen LogP contribution in [0.2, 0.25) is 0 Å². The van der Waals surface area contributed by atoms with Crippen LogP contribution < -0.4 is 15.0 Å². The number of hydrogen-bond donors (Lipinski definition) is 1. The molecule has 2 atom stereocenters. The predicted octanol–water partition coefficient (Wildman–Crippen LogP) is 3.44. The Morgan fingerprint density at radius 2 is 1.76 bits per heavy atom. The molecule has 130 valence electrons. The van der Waals surface area contributed by atoms with E-state index in [2.05, 4.69) is 5.32 Å². The zero-order valence-electron chi connectivity index (χ0n) is 14.9. The van der Waals surface area contributed by atoms with Gasteiger partial charge in [-0.2, -0.15) is 0 Å². The molecule has 0 bridgehead atoms. The van der Waals surface area contributed by atoms with Crippen molar-refractivity contribution in [2.75, 3.05) is 10.2 Å². The summed E-state index contributed by atoms with van der Waals surface area (Å²) in [6.07, 6.45) is -0.621. The quantitative estimate of drug-likeness (QED) is 0.932. The van der Waals surface area contributed by atoms with Crippen molar-refractivity contribution in [3.63, 3.8) is 0 Å². The van der Waals surface area contributed by atoms with Crippen molar-refractivity contribution < 1.29 is 14.3 Å². The van der Waals surface area contributed by atoms with Crippen molar-refractivity contribution >= 4 is 23.2 Å². The first-order valence-corrected chi connectivity index (χ1v) is 8.34. The number of nitrogens with zero attached hydrogens (tertiary/aromatic N) is 1. The molecule has 3 rings (SSSR count). The minimum Gasteiger partial charge on any atom is -0.479 e. The van der Waals surface area contributed by atoms with Gasteiger partial charge in [0, 0.05) is 5.69 Å². The molecular formula is C20H22N2O3. The van der Waals surface area contributed by atoms with E-state index in [1.165, 1.54) is 4.90 Å². The van der Waals surface area contributed by atoms with Gasteiger partial charge in [0.15, 0.2) is 6.10 Å². The van der Waals surface area contributed by atoms with Crippen molar-refractivity contribution in [1.82, 2.24) is 0 Å². The minimum atomic E-state index is -0.652. The molecule has 2 amide bonds. The summed E-state index contributed by atoms with van der Waals surface area (Å²) in [4.78, 5) is 26.9. The van der Waals surface area contributed by atoms with Gasteiger partial charge in [-0.1, -0.05) is 23.8 Å². The number of carbonyl (C=O) groups excluding carboxylic acids is 2. The van der Waals surface area contributed by atoms with Crippen LogP contribution in [-0.4, -0.2) is 24.0 Å². The van der Waals surface area contributed by atoms with E-state index >= 15 is 0 Å². The predicted molar refractivity (Wildman–Crippen MR) is 98.0 cm³/mol. The van der Waals surface area contributed by atoms with Crippen molar-refractivity contribution in [2.24, 2.45) is 0 Å². The number of fused-ring (bicyclic) bond motifs is 1. The molecule has 2 aromatic carbocycles. The third-order valence-electron chi connectivity index (χ3n) is 4.35. The summed E-state index contributed by atoms with van der Waals surface area (Å²) < 4.78 is 5.67. The average molecular weight is 338 g/mol. The molecule has 5 heteroatoms. The number of rotatable bonds is 3. The van der Waals surface area contributed by atoms with Crippen LogP contribution in [0.3, 0.4) is 0 Å². The van der Waals surface area contributed by atoms with Crippen LogP contribution >= 0.6 is 0 Å². The van der Waals surface area contributed by atoms with E-state index in [1.54, 1.807) is 13.8 Å². The van der Waals surface area contributed by atoms with Gasteiger partial charge in [-0.25, -0.2) is 0 Å². The van der Waals surface area contributed by atoms with E-state index in [4.69, 9.17) is 4.74 Å². The van der Waals surface area contributed by atoms with Gasteiger partial charge in [-0.05, 0) is 57.5 Å². The molecule has 0 spiro atoms. The smallest absolute Gasteiger partial charge is 0.268 e. The van der Waals surface area contributed by atoms with Gasteiger partial charge in [0.25, 0.3) is 5.91 Å². The number of hydrogen-bond acceptors (Lipinski definition) is 3. The van der Waals surface area contributed by atoms with Crippen molar-refractivity contribution in [3.8, 4) is 5.75 Å². The zero-order valence-corrected chi connectivity index (χ0v) is 14.9. The van der Waals surface area contributed by atoms with Crippen molar-refractivity contribution in [3.05, 3.63) is 53.6 Å². The molecule has 2 aromatic rings. The summed E-state index contributed by atoms with van der Waals surface area (Å²) in [6.45, 7) is 7.35. The van der Waals surface area contributed by atoms with E-state index in [0.717, 1.165) is 11.1 Å². The van der Waals surface area contributed by atoms with E-state index in [1.807, 2.05) is 56.3 Å². The lowest BCUT2D eigenvalue weighted by molar-refractivity contribution is -0.128. The molecule has 1 aliphatic heterocycles. The highest BCUT2D eigenvalue weighted by Crippen LogP contribution is 2.36. The van der Waals surface area contributed by atoms with Crippen LogP contribution in [0.25, 0.3) is 0 Å². The summed E-state index contributed by atoms with van der Waals surface area (Å²) >= 11 is 0. The third kappa shape index (κ3) is 3.36. The lowest BCUT2D eigenvalue weighted by Crippen LogP contribution is -2.52. The lowest BCUT2D eigenvalue weighted by atomic mass is 10.1. The molecule has 0 radical (unpaired) electrons. The Kier molecular flexibility index (Phi) is 4.49. The monoisotopic (exact) mass is 338 g/mol. The number of nitrogens with one attached hydrogen (secondary N) is 1. The summed E-state index contributed by atoms with van der Waals surface area (Å²) in [5, 5.41) is 2.87. The van der Waals surface area contributed by atoms with Crippen LogP contribution in [-0.2, 0) is 9.59 Å². The second-order valence-corrected chi connectivity index (χ2v) is 6.47. The molecule has 1 heterocycles. The van der Waals surface area contributed by atoms with E-state index in [-0.39, 0.29) is 11.8 Å². The summed E-state index contributed by atoms with van der Waals surface area (Å²) in [7, 11) is 0. The maximum Gasteiger partial charge on any atom is 0.268 e. The lowest BCUT2D eigenvalue weighted by Gasteiger charge is -2.36. The number of ether oxygens (including phenoxy) is 1. The maximum absolute atomic E-state index is 12.7. The fourth-order valence-electron chi connectivity index (χ4n) is 2.87. The molecule has 2 unspecified atom stereocenters. The number of amides is 2. The van der Waals surface area contributed by atoms with Gasteiger partial charge in [-0.15, -0.1) is 0 Å². The Balaban J connectivity index is 1.88. The number of anilines is 2. The van der Waals surface area contributed by atoms with Crippen LogP contribution in [0, 0.1) is 13.8 Å². The molecule has 0 fully saturated rings. The molecule has 25 heavy (non-hydrogen) atoms. The standard InChI is InChI=1S/C20H22N2O3/c1-12-5-8-16(9-6-12)21-19(23)14(3)22-17-11-13(2)7-10-18(17)25-15(4)20(22)24/h5-11,14-15H,1-4H3,(H,21,23). The van der Waals surface area contributed by atoms with E-state index in [0.29, 0.717) is 17.1 Å². The van der Waals surface area contributed by atoms with Gasteiger partial charge >= 0.3 is 0 Å². The third-order valence-corrected chi connectivity index (χ3v) is 4.35. The normalized spacial score (nSPS) is 17.5. The van der Waals surface area contributed by atoms with Gasteiger partial charge in [0.1, 0.15) is 11.8 Å². The van der Waals surface area contributed by atoms with Crippen LogP contribution in [0.5, 0.6) is 5.75 Å². The second kappa shape index (κ2) is 6.59. The Morgan fingerprint density at radius 1 is 1.12 bits per heavy atom. The van der Waals surface area contributed by atoms with Crippen LogP contribution in [0.15, 0.2) is 42.5 Å². The average Bonchev–Trinajstić information content (AvgIpc) is 2.58. The second-order valence-electron chi connectivity index (χ2n) is 6.47. The number of carbonyl (C=O) groups is 2. The zero-order chi connectivity index (χ0) is 18.1. The summed E-state index contributed by atoms with van der Waals surface area (Å²) in [6, 6.07) is 12.5. The molecule has 0 saturated carbocycles. The van der Waals surface area contributed by atoms with Gasteiger partial charge in [0.2, 0.25) is 5.91 Å². The first kappa shape index (κ1) is 17.0. The Morgan fingerprint density at radius 3 is 2.44 bits per heavy atom. The highest BCUT2D eigenvalue weighted by Gasteiger charge is 2.37. The molecule has 0 aromatic heterocycles. The largest absolute Gasteiger partial charge is 0.479 e. The SMILES string of the molecule is Cc1ccc(NC(=O)C(C)N2C(=O)C(C)Oc3ccc(C)cc32)cc1. The number of benzene rings is 2. The van der Waals surface area contributed by atoms with Gasteiger partial charge in [0.05, 0.1) is 5.69 Å². The minimum absolute atomic E-state index is 0.218. The fraction of sp³-hybridized carbons (Fsp3) is 0.300. The van der Waals surface area contributed by atoms with Crippen molar-refractivity contribution in [1.29, 1.82) is 0 Å². The number of aryl methyl sites for hydroxylation is 2. The van der Waals surface area contributed by atoms with E-state index in [9.17, 15) is 9.59 Å². The maximum atomic E-state index is 12.7. The molecule has 5 nitrogen and oxygen atoms in total.